The third-order valence-electron chi connectivity index (χ3n) is 3.16. The van der Waals surface area contributed by atoms with Crippen molar-refractivity contribution in [3.8, 4) is 0 Å². The predicted octanol–water partition coefficient (Wildman–Crippen LogP) is 2.24. The van der Waals surface area contributed by atoms with E-state index in [9.17, 15) is 9.18 Å². The van der Waals surface area contributed by atoms with E-state index in [1.54, 1.807) is 4.90 Å². The van der Waals surface area contributed by atoms with Crippen molar-refractivity contribution in [2.45, 2.75) is 18.9 Å². The monoisotopic (exact) mass is 330 g/mol. The Hall–Kier alpha value is -1.01. The molecule has 0 unspecified atom stereocenters. The van der Waals surface area contributed by atoms with Gasteiger partial charge in [-0.2, -0.15) is 0 Å². The molecule has 0 saturated carbocycles. The molecule has 1 aliphatic rings. The standard InChI is InChI=1S/C13H16BrFN2O2/c14-4-8-19-10-2-6-17(7-3-10)13(18)11-1-5-16-9-12(11)15/h1,5,9-10H,2-4,6-8H2. The van der Waals surface area contributed by atoms with Crippen LogP contribution >= 0.6 is 15.9 Å². The largest absolute Gasteiger partial charge is 0.377 e. The zero-order valence-corrected chi connectivity index (χ0v) is 12.1. The van der Waals surface area contributed by atoms with Crippen molar-refractivity contribution in [3.63, 3.8) is 0 Å². The molecule has 0 N–H and O–H groups in total. The van der Waals surface area contributed by atoms with E-state index in [4.69, 9.17) is 4.74 Å². The van der Waals surface area contributed by atoms with Gasteiger partial charge in [0.2, 0.25) is 0 Å². The molecule has 1 saturated heterocycles. The van der Waals surface area contributed by atoms with E-state index in [0.29, 0.717) is 19.7 Å². The fraction of sp³-hybridized carbons (Fsp3) is 0.538. The van der Waals surface area contributed by atoms with E-state index in [1.165, 1.54) is 12.3 Å². The fourth-order valence-corrected chi connectivity index (χ4v) is 2.34. The lowest BCUT2D eigenvalue weighted by molar-refractivity contribution is 0.0158. The molecule has 0 spiro atoms. The van der Waals surface area contributed by atoms with Gasteiger partial charge in [-0.25, -0.2) is 4.39 Å². The van der Waals surface area contributed by atoms with Crippen LogP contribution in [0.4, 0.5) is 4.39 Å². The van der Waals surface area contributed by atoms with E-state index >= 15 is 0 Å². The average Bonchev–Trinajstić information content (AvgIpc) is 2.45. The Kier molecular flexibility index (Phi) is 5.27. The predicted molar refractivity (Wildman–Crippen MR) is 72.9 cm³/mol. The molecule has 2 rings (SSSR count). The minimum absolute atomic E-state index is 0.0924. The van der Waals surface area contributed by atoms with Crippen LogP contribution in [-0.2, 0) is 4.74 Å². The van der Waals surface area contributed by atoms with Gasteiger partial charge in [-0.05, 0) is 18.9 Å². The average molecular weight is 331 g/mol. The normalized spacial score (nSPS) is 16.6. The highest BCUT2D eigenvalue weighted by Crippen LogP contribution is 2.17. The summed E-state index contributed by atoms with van der Waals surface area (Å²) < 4.78 is 19.1. The summed E-state index contributed by atoms with van der Waals surface area (Å²) in [4.78, 5) is 17.5. The van der Waals surface area contributed by atoms with Gasteiger partial charge in [0.1, 0.15) is 0 Å². The number of amides is 1. The second-order valence-electron chi connectivity index (χ2n) is 4.41. The maximum absolute atomic E-state index is 13.5. The summed E-state index contributed by atoms with van der Waals surface area (Å²) in [7, 11) is 0. The van der Waals surface area contributed by atoms with E-state index in [1.807, 2.05) is 0 Å². The maximum atomic E-state index is 13.5. The number of rotatable bonds is 4. The number of alkyl halides is 1. The minimum atomic E-state index is -0.565. The van der Waals surface area contributed by atoms with Crippen LogP contribution < -0.4 is 0 Å². The molecule has 1 aromatic rings. The van der Waals surface area contributed by atoms with Gasteiger partial charge in [0.05, 0.1) is 24.5 Å². The summed E-state index contributed by atoms with van der Waals surface area (Å²) in [5.74, 6) is -0.830. The zero-order chi connectivity index (χ0) is 13.7. The summed E-state index contributed by atoms with van der Waals surface area (Å²) in [5.41, 5.74) is 0.0924. The summed E-state index contributed by atoms with van der Waals surface area (Å²) in [5, 5.41) is 0.814. The van der Waals surface area contributed by atoms with E-state index in [0.717, 1.165) is 24.4 Å². The molecule has 1 amide bonds. The van der Waals surface area contributed by atoms with Crippen molar-refractivity contribution in [1.29, 1.82) is 0 Å². The van der Waals surface area contributed by atoms with Crippen LogP contribution in [0.2, 0.25) is 0 Å². The molecule has 2 heterocycles. The smallest absolute Gasteiger partial charge is 0.256 e. The van der Waals surface area contributed by atoms with Crippen molar-refractivity contribution >= 4 is 21.8 Å². The van der Waals surface area contributed by atoms with Gasteiger partial charge < -0.3 is 9.64 Å². The van der Waals surface area contributed by atoms with Crippen molar-refractivity contribution in [2.24, 2.45) is 0 Å². The lowest BCUT2D eigenvalue weighted by Crippen LogP contribution is -2.41. The maximum Gasteiger partial charge on any atom is 0.256 e. The highest BCUT2D eigenvalue weighted by atomic mass is 79.9. The lowest BCUT2D eigenvalue weighted by atomic mass is 10.1. The molecular weight excluding hydrogens is 315 g/mol. The molecule has 4 nitrogen and oxygen atoms in total. The number of carbonyl (C=O) groups excluding carboxylic acids is 1. The molecule has 1 fully saturated rings. The van der Waals surface area contributed by atoms with Gasteiger partial charge in [-0.15, -0.1) is 0 Å². The number of likely N-dealkylation sites (tertiary alicyclic amines) is 1. The van der Waals surface area contributed by atoms with Crippen molar-refractivity contribution < 1.29 is 13.9 Å². The van der Waals surface area contributed by atoms with Crippen LogP contribution in [0.1, 0.15) is 23.2 Å². The lowest BCUT2D eigenvalue weighted by Gasteiger charge is -2.32. The minimum Gasteiger partial charge on any atom is -0.377 e. The number of hydrogen-bond acceptors (Lipinski definition) is 3. The molecule has 19 heavy (non-hydrogen) atoms. The number of pyridine rings is 1. The molecule has 0 bridgehead atoms. The van der Waals surface area contributed by atoms with Crippen LogP contribution in [0.15, 0.2) is 18.5 Å². The quantitative estimate of drug-likeness (QED) is 0.795. The highest BCUT2D eigenvalue weighted by Gasteiger charge is 2.25. The molecule has 1 aromatic heterocycles. The van der Waals surface area contributed by atoms with Gasteiger partial charge in [-0.1, -0.05) is 15.9 Å². The first-order valence-electron chi connectivity index (χ1n) is 6.28. The van der Waals surface area contributed by atoms with Gasteiger partial charge in [0.25, 0.3) is 5.91 Å². The SMILES string of the molecule is O=C(c1ccncc1F)N1CCC(OCCBr)CC1. The summed E-state index contributed by atoms with van der Waals surface area (Å²) >= 11 is 3.31. The summed E-state index contributed by atoms with van der Waals surface area (Å²) in [6.45, 7) is 1.89. The number of halogens is 2. The van der Waals surface area contributed by atoms with Crippen LogP contribution in [0, 0.1) is 5.82 Å². The van der Waals surface area contributed by atoms with Crippen LogP contribution in [0.25, 0.3) is 0 Å². The molecule has 1 aliphatic heterocycles. The van der Waals surface area contributed by atoms with Gasteiger partial charge in [0.15, 0.2) is 5.82 Å². The van der Waals surface area contributed by atoms with Gasteiger partial charge in [0, 0.05) is 24.6 Å². The Morgan fingerprint density at radius 2 is 2.26 bits per heavy atom. The molecular formula is C13H16BrFN2O2. The van der Waals surface area contributed by atoms with Crippen molar-refractivity contribution in [3.05, 3.63) is 29.8 Å². The van der Waals surface area contributed by atoms with Crippen molar-refractivity contribution in [2.75, 3.05) is 25.0 Å². The number of carbonyl (C=O) groups is 1. The molecule has 0 aliphatic carbocycles. The molecule has 6 heteroatoms. The number of piperidine rings is 1. The number of hydrogen-bond donors (Lipinski definition) is 0. The zero-order valence-electron chi connectivity index (χ0n) is 10.5. The Labute approximate surface area is 120 Å². The van der Waals surface area contributed by atoms with E-state index in [2.05, 4.69) is 20.9 Å². The first kappa shape index (κ1) is 14.4. The Balaban J connectivity index is 1.91. The van der Waals surface area contributed by atoms with Crippen LogP contribution in [-0.4, -0.2) is 46.9 Å². The Morgan fingerprint density at radius 3 is 2.89 bits per heavy atom. The summed E-state index contributed by atoms with van der Waals surface area (Å²) in [6.07, 6.45) is 4.29. The van der Waals surface area contributed by atoms with Crippen LogP contribution in [0.3, 0.4) is 0 Å². The first-order chi connectivity index (χ1) is 9.22. The second kappa shape index (κ2) is 6.96. The Morgan fingerprint density at radius 1 is 1.53 bits per heavy atom. The summed E-state index contributed by atoms with van der Waals surface area (Å²) in [6, 6.07) is 1.42. The van der Waals surface area contributed by atoms with E-state index < -0.39 is 5.82 Å². The molecule has 0 radical (unpaired) electrons. The van der Waals surface area contributed by atoms with Crippen LogP contribution in [0.5, 0.6) is 0 Å². The van der Waals surface area contributed by atoms with Crippen molar-refractivity contribution in [1.82, 2.24) is 9.88 Å². The highest BCUT2D eigenvalue weighted by molar-refractivity contribution is 9.09. The molecule has 0 atom stereocenters. The third kappa shape index (κ3) is 3.73. The second-order valence-corrected chi connectivity index (χ2v) is 5.20. The number of ether oxygens (including phenoxy) is 1. The van der Waals surface area contributed by atoms with Gasteiger partial charge in [-0.3, -0.25) is 9.78 Å². The number of nitrogens with zero attached hydrogens (tertiary/aromatic N) is 2. The number of aromatic nitrogens is 1. The molecule has 0 aromatic carbocycles. The van der Waals surface area contributed by atoms with E-state index in [-0.39, 0.29) is 17.6 Å². The molecule has 104 valence electrons. The first-order valence-corrected chi connectivity index (χ1v) is 7.41. The Bertz CT molecular complexity index is 436. The topological polar surface area (TPSA) is 42.4 Å². The fourth-order valence-electron chi connectivity index (χ4n) is 2.16. The van der Waals surface area contributed by atoms with Gasteiger partial charge >= 0.3 is 0 Å². The third-order valence-corrected chi connectivity index (χ3v) is 3.49.